The van der Waals surface area contributed by atoms with Gasteiger partial charge in [-0.05, 0) is 50.8 Å². The molecule has 1 atom stereocenters. The molecule has 1 heterocycles. The lowest BCUT2D eigenvalue weighted by Gasteiger charge is -2.37. The van der Waals surface area contributed by atoms with Crippen molar-refractivity contribution in [2.24, 2.45) is 4.99 Å². The van der Waals surface area contributed by atoms with Gasteiger partial charge in [-0.1, -0.05) is 23.7 Å². The molecule has 0 aromatic heterocycles. The van der Waals surface area contributed by atoms with Crippen molar-refractivity contribution >= 4 is 51.4 Å². The molecule has 2 rings (SSSR count). The van der Waals surface area contributed by atoms with E-state index in [1.54, 1.807) is 0 Å². The van der Waals surface area contributed by atoms with Crippen LogP contribution in [0.3, 0.4) is 0 Å². The van der Waals surface area contributed by atoms with Crippen LogP contribution in [0.5, 0.6) is 0 Å². The molecule has 9 heteroatoms. The molecular weight excluding hydrogens is 525 g/mol. The Morgan fingerprint density at radius 3 is 2.62 bits per heavy atom. The molecule has 1 aliphatic heterocycles. The molecule has 6 nitrogen and oxygen atoms in total. The summed E-state index contributed by atoms with van der Waals surface area (Å²) in [6, 6.07) is 8.01. The highest BCUT2D eigenvalue weighted by Gasteiger charge is 2.34. The van der Waals surface area contributed by atoms with Crippen molar-refractivity contribution in [2.75, 3.05) is 38.3 Å². The van der Waals surface area contributed by atoms with Gasteiger partial charge in [0, 0.05) is 42.5 Å². The van der Waals surface area contributed by atoms with Crippen LogP contribution in [0.1, 0.15) is 38.7 Å². The molecule has 1 saturated heterocycles. The minimum atomic E-state index is -2.97. The first-order valence-electron chi connectivity index (χ1n) is 9.80. The number of nitrogens with zero attached hydrogens (tertiary/aromatic N) is 1. The number of nitrogens with one attached hydrogen (secondary N) is 2. The first kappa shape index (κ1) is 26.5. The summed E-state index contributed by atoms with van der Waals surface area (Å²) in [6.07, 6.45) is 3.58. The SMILES string of the molecule is CCNC(=NCC1(c2cccc(Cl)c2)CCOCC1)NC(C)CCS(C)(=O)=O.I. The van der Waals surface area contributed by atoms with E-state index in [4.69, 9.17) is 21.3 Å². The molecular formula is C20H33ClIN3O3S. The molecule has 1 fully saturated rings. The summed E-state index contributed by atoms with van der Waals surface area (Å²) in [7, 11) is -2.97. The molecule has 29 heavy (non-hydrogen) atoms. The third-order valence-corrected chi connectivity index (χ3v) is 6.29. The molecule has 0 aliphatic carbocycles. The van der Waals surface area contributed by atoms with Gasteiger partial charge in [-0.15, -0.1) is 24.0 Å². The molecule has 0 spiro atoms. The van der Waals surface area contributed by atoms with Crippen LogP contribution in [0.4, 0.5) is 0 Å². The maximum absolute atomic E-state index is 11.4. The largest absolute Gasteiger partial charge is 0.381 e. The Morgan fingerprint density at radius 2 is 2.03 bits per heavy atom. The Balaban J connectivity index is 0.00000420. The second-order valence-corrected chi connectivity index (χ2v) is 10.3. The zero-order valence-electron chi connectivity index (χ0n) is 17.4. The van der Waals surface area contributed by atoms with Crippen molar-refractivity contribution in [2.45, 2.75) is 44.6 Å². The molecule has 1 aromatic carbocycles. The number of aliphatic imine (C=N–C) groups is 1. The summed E-state index contributed by atoms with van der Waals surface area (Å²) in [6.45, 7) is 6.75. The lowest BCUT2D eigenvalue weighted by Crippen LogP contribution is -2.44. The second kappa shape index (κ2) is 12.3. The van der Waals surface area contributed by atoms with Gasteiger partial charge < -0.3 is 15.4 Å². The van der Waals surface area contributed by atoms with E-state index in [0.717, 1.165) is 24.4 Å². The molecule has 0 amide bonds. The lowest BCUT2D eigenvalue weighted by molar-refractivity contribution is 0.0531. The smallest absolute Gasteiger partial charge is 0.191 e. The van der Waals surface area contributed by atoms with Crippen molar-refractivity contribution in [3.05, 3.63) is 34.9 Å². The normalized spacial score (nSPS) is 17.9. The molecule has 2 N–H and O–H groups in total. The van der Waals surface area contributed by atoms with Crippen LogP contribution >= 0.6 is 35.6 Å². The standard InChI is InChI=1S/C20H32ClN3O3S.HI/c1-4-22-19(24-16(2)8-13-28(3,25)26)23-15-20(9-11-27-12-10-20)17-6-5-7-18(21)14-17;/h5-7,14,16H,4,8-13,15H2,1-3H3,(H2,22,23,24);1H. The minimum absolute atomic E-state index is 0. The van der Waals surface area contributed by atoms with Gasteiger partial charge in [0.2, 0.25) is 0 Å². The topological polar surface area (TPSA) is 79.8 Å². The number of halogens is 2. The van der Waals surface area contributed by atoms with Crippen LogP contribution in [-0.4, -0.2) is 58.7 Å². The van der Waals surface area contributed by atoms with E-state index in [1.165, 1.54) is 11.8 Å². The van der Waals surface area contributed by atoms with Crippen LogP contribution in [-0.2, 0) is 20.0 Å². The number of sulfone groups is 1. The molecule has 0 bridgehead atoms. The molecule has 0 radical (unpaired) electrons. The average Bonchev–Trinajstić information content (AvgIpc) is 2.65. The predicted molar refractivity (Wildman–Crippen MR) is 132 cm³/mol. The van der Waals surface area contributed by atoms with Crippen LogP contribution in [0.2, 0.25) is 5.02 Å². The number of guanidine groups is 1. The van der Waals surface area contributed by atoms with E-state index < -0.39 is 9.84 Å². The van der Waals surface area contributed by atoms with Crippen LogP contribution in [0.25, 0.3) is 0 Å². The van der Waals surface area contributed by atoms with Gasteiger partial charge in [0.05, 0.1) is 12.3 Å². The van der Waals surface area contributed by atoms with E-state index in [0.29, 0.717) is 32.1 Å². The number of rotatable bonds is 8. The fourth-order valence-electron chi connectivity index (χ4n) is 3.37. The van der Waals surface area contributed by atoms with Crippen molar-refractivity contribution in [1.29, 1.82) is 0 Å². The van der Waals surface area contributed by atoms with Gasteiger partial charge >= 0.3 is 0 Å². The summed E-state index contributed by atoms with van der Waals surface area (Å²) in [5.74, 6) is 0.862. The van der Waals surface area contributed by atoms with Crippen molar-refractivity contribution < 1.29 is 13.2 Å². The van der Waals surface area contributed by atoms with E-state index in [9.17, 15) is 8.42 Å². The maximum atomic E-state index is 11.4. The maximum Gasteiger partial charge on any atom is 0.191 e. The highest BCUT2D eigenvalue weighted by molar-refractivity contribution is 14.0. The van der Waals surface area contributed by atoms with Crippen LogP contribution in [0, 0.1) is 0 Å². The fraction of sp³-hybridized carbons (Fsp3) is 0.650. The predicted octanol–water partition coefficient (Wildman–Crippen LogP) is 3.38. The quantitative estimate of drug-likeness (QED) is 0.291. The van der Waals surface area contributed by atoms with Crippen molar-refractivity contribution in [1.82, 2.24) is 10.6 Å². The third kappa shape index (κ3) is 8.98. The van der Waals surface area contributed by atoms with Crippen molar-refractivity contribution in [3.8, 4) is 0 Å². The summed E-state index contributed by atoms with van der Waals surface area (Å²) < 4.78 is 28.4. The highest BCUT2D eigenvalue weighted by atomic mass is 127. The average molecular weight is 558 g/mol. The van der Waals surface area contributed by atoms with Crippen LogP contribution in [0.15, 0.2) is 29.3 Å². The van der Waals surface area contributed by atoms with E-state index in [-0.39, 0.29) is 41.2 Å². The molecule has 1 aromatic rings. The van der Waals surface area contributed by atoms with Gasteiger partial charge in [-0.25, -0.2) is 8.42 Å². The third-order valence-electron chi connectivity index (χ3n) is 5.08. The summed E-state index contributed by atoms with van der Waals surface area (Å²) >= 11 is 6.24. The number of hydrogen-bond donors (Lipinski definition) is 2. The van der Waals surface area contributed by atoms with Crippen molar-refractivity contribution in [3.63, 3.8) is 0 Å². The van der Waals surface area contributed by atoms with E-state index in [2.05, 4.69) is 16.7 Å². The Morgan fingerprint density at radius 1 is 1.34 bits per heavy atom. The minimum Gasteiger partial charge on any atom is -0.381 e. The number of ether oxygens (including phenoxy) is 1. The van der Waals surface area contributed by atoms with Gasteiger partial charge in [-0.2, -0.15) is 0 Å². The van der Waals surface area contributed by atoms with Gasteiger partial charge in [0.15, 0.2) is 5.96 Å². The first-order valence-corrected chi connectivity index (χ1v) is 12.2. The monoisotopic (exact) mass is 557 g/mol. The first-order chi connectivity index (χ1) is 13.2. The highest BCUT2D eigenvalue weighted by Crippen LogP contribution is 2.36. The molecule has 1 unspecified atom stereocenters. The summed E-state index contributed by atoms with van der Waals surface area (Å²) in [4.78, 5) is 4.85. The second-order valence-electron chi connectivity index (χ2n) is 7.56. The Labute approximate surface area is 197 Å². The molecule has 0 saturated carbocycles. The summed E-state index contributed by atoms with van der Waals surface area (Å²) in [5.41, 5.74) is 1.08. The summed E-state index contributed by atoms with van der Waals surface area (Å²) in [5, 5.41) is 7.32. The zero-order chi connectivity index (χ0) is 20.6. The Kier molecular flexibility index (Phi) is 11.2. The van der Waals surface area contributed by atoms with Crippen LogP contribution < -0.4 is 10.6 Å². The zero-order valence-corrected chi connectivity index (χ0v) is 21.3. The lowest BCUT2D eigenvalue weighted by atomic mass is 9.74. The number of benzene rings is 1. The van der Waals surface area contributed by atoms with E-state index in [1.807, 2.05) is 32.0 Å². The number of hydrogen-bond acceptors (Lipinski definition) is 4. The van der Waals surface area contributed by atoms with Gasteiger partial charge in [-0.3, -0.25) is 4.99 Å². The molecule has 1 aliphatic rings. The Bertz CT molecular complexity index is 768. The Hall–Kier alpha value is -0.580. The fourth-order valence-corrected chi connectivity index (χ4v) is 4.34. The van der Waals surface area contributed by atoms with E-state index >= 15 is 0 Å². The molecule has 166 valence electrons. The van der Waals surface area contributed by atoms with Gasteiger partial charge in [0.25, 0.3) is 0 Å². The van der Waals surface area contributed by atoms with Gasteiger partial charge in [0.1, 0.15) is 9.84 Å².